The first-order valence-corrected chi connectivity index (χ1v) is 10.8. The van der Waals surface area contributed by atoms with E-state index in [0.29, 0.717) is 17.7 Å². The van der Waals surface area contributed by atoms with E-state index in [1.165, 1.54) is 22.9 Å². The van der Waals surface area contributed by atoms with Gasteiger partial charge in [-0.05, 0) is 31.0 Å². The van der Waals surface area contributed by atoms with Gasteiger partial charge in [0.15, 0.2) is 5.82 Å². The molecule has 0 bridgehead atoms. The first-order valence-electron chi connectivity index (χ1n) is 10.8. The number of guanidine groups is 1. The number of rotatable bonds is 10. The SMILES string of the molecule is Cc1cnc(NCCc2ccc(C(F)(F)F)cc2)c(=O)n1CC(=O)NCCONC(=N)N.O=C(O)C(F)(F)F. The van der Waals surface area contributed by atoms with E-state index in [9.17, 15) is 35.9 Å². The van der Waals surface area contributed by atoms with Gasteiger partial charge in [0.05, 0.1) is 12.2 Å². The van der Waals surface area contributed by atoms with E-state index < -0.39 is 35.4 Å². The fraction of sp³-hybridized carbons (Fsp3) is 0.381. The summed E-state index contributed by atoms with van der Waals surface area (Å²) in [4.78, 5) is 42.5. The minimum atomic E-state index is -5.08. The second-order valence-electron chi connectivity index (χ2n) is 7.53. The van der Waals surface area contributed by atoms with Crippen molar-refractivity contribution < 1.29 is 45.9 Å². The second-order valence-corrected chi connectivity index (χ2v) is 7.53. The highest BCUT2D eigenvalue weighted by molar-refractivity contribution is 5.76. The van der Waals surface area contributed by atoms with Crippen LogP contribution in [-0.4, -0.2) is 58.4 Å². The van der Waals surface area contributed by atoms with Gasteiger partial charge in [0.2, 0.25) is 11.9 Å². The number of carbonyl (C=O) groups is 2. The number of aryl methyl sites for hydroxylation is 1. The summed E-state index contributed by atoms with van der Waals surface area (Å²) in [5.74, 6) is -3.52. The number of carboxylic acid groups (broad SMARTS) is 1. The summed E-state index contributed by atoms with van der Waals surface area (Å²) < 4.78 is 70.9. The maximum atomic E-state index is 12.6. The number of nitrogens with two attached hydrogens (primary N) is 1. The van der Waals surface area contributed by atoms with Crippen LogP contribution in [0.25, 0.3) is 0 Å². The highest BCUT2D eigenvalue weighted by Crippen LogP contribution is 2.29. The quantitative estimate of drug-likeness (QED) is 0.0809. The van der Waals surface area contributed by atoms with Crippen LogP contribution in [0.1, 0.15) is 16.8 Å². The first kappa shape index (κ1) is 32.7. The standard InChI is InChI=1S/C19H24F3N7O3.C2HF3O2/c1-12-10-27-16(26-7-6-13-2-4-14(5-3-13)19(20,21)22)17(31)29(12)11-15(30)25-8-9-32-28-18(23)24;3-2(4,5)1(6)7/h2-5,10H,6-9,11H2,1H3,(H,25,30)(H,26,27)(H4,23,24,28);(H,6,7). The van der Waals surface area contributed by atoms with Crippen LogP contribution >= 0.6 is 0 Å². The molecular weight excluding hydrogens is 544 g/mol. The van der Waals surface area contributed by atoms with Crippen molar-refractivity contribution in [3.05, 3.63) is 57.6 Å². The van der Waals surface area contributed by atoms with E-state index in [2.05, 4.69) is 21.1 Å². The molecule has 0 atom stereocenters. The van der Waals surface area contributed by atoms with Gasteiger partial charge in [0.25, 0.3) is 5.56 Å². The van der Waals surface area contributed by atoms with E-state index in [-0.39, 0.29) is 38.0 Å². The Morgan fingerprint density at radius 3 is 2.23 bits per heavy atom. The van der Waals surface area contributed by atoms with E-state index in [1.54, 1.807) is 6.92 Å². The monoisotopic (exact) mass is 569 g/mol. The molecule has 1 heterocycles. The zero-order chi connectivity index (χ0) is 29.8. The van der Waals surface area contributed by atoms with Gasteiger partial charge >= 0.3 is 18.3 Å². The van der Waals surface area contributed by atoms with Crippen LogP contribution in [0.2, 0.25) is 0 Å². The number of benzene rings is 1. The molecule has 0 spiro atoms. The lowest BCUT2D eigenvalue weighted by Gasteiger charge is -2.13. The Morgan fingerprint density at radius 1 is 1.13 bits per heavy atom. The summed E-state index contributed by atoms with van der Waals surface area (Å²) in [6.07, 6.45) is -7.66. The number of alkyl halides is 6. The lowest BCUT2D eigenvalue weighted by atomic mass is 10.1. The van der Waals surface area contributed by atoms with E-state index in [1.807, 2.05) is 0 Å². The molecule has 39 heavy (non-hydrogen) atoms. The Morgan fingerprint density at radius 2 is 1.72 bits per heavy atom. The number of halogens is 6. The maximum Gasteiger partial charge on any atom is 0.490 e. The Hall–Kier alpha value is -4.35. The summed E-state index contributed by atoms with van der Waals surface area (Å²) in [6.45, 7) is 1.86. The third kappa shape index (κ3) is 12.2. The highest BCUT2D eigenvalue weighted by Gasteiger charge is 2.38. The fourth-order valence-electron chi connectivity index (χ4n) is 2.64. The molecule has 1 amide bonds. The van der Waals surface area contributed by atoms with Crippen LogP contribution in [0.5, 0.6) is 0 Å². The number of hydrogen-bond acceptors (Lipinski definition) is 7. The molecule has 2 aromatic rings. The van der Waals surface area contributed by atoms with Crippen LogP contribution < -0.4 is 27.4 Å². The topological polar surface area (TPSA) is 184 Å². The number of nitrogens with one attached hydrogen (secondary N) is 4. The maximum absolute atomic E-state index is 12.6. The third-order valence-corrected chi connectivity index (χ3v) is 4.49. The molecular formula is C21H25F6N7O5. The number of hydrogen-bond donors (Lipinski definition) is 6. The predicted octanol–water partition coefficient (Wildman–Crippen LogP) is 1.39. The van der Waals surface area contributed by atoms with Gasteiger partial charge in [0, 0.05) is 25.0 Å². The van der Waals surface area contributed by atoms with E-state index in [4.69, 9.17) is 25.9 Å². The molecule has 1 aromatic carbocycles. The molecule has 2 rings (SSSR count). The zero-order valence-electron chi connectivity index (χ0n) is 20.2. The number of aromatic nitrogens is 2. The average molecular weight is 569 g/mol. The van der Waals surface area contributed by atoms with Gasteiger partial charge in [-0.15, -0.1) is 0 Å². The summed E-state index contributed by atoms with van der Waals surface area (Å²) in [5, 5.41) is 19.5. The molecule has 216 valence electrons. The van der Waals surface area contributed by atoms with Crippen LogP contribution in [0.4, 0.5) is 32.2 Å². The van der Waals surface area contributed by atoms with Gasteiger partial charge in [-0.3, -0.25) is 24.4 Å². The van der Waals surface area contributed by atoms with Gasteiger partial charge in [-0.2, -0.15) is 26.3 Å². The molecule has 0 fully saturated rings. The minimum absolute atomic E-state index is 0.0318. The Kier molecular flexibility index (Phi) is 12.2. The van der Waals surface area contributed by atoms with Crippen molar-refractivity contribution in [2.45, 2.75) is 32.2 Å². The lowest BCUT2D eigenvalue weighted by Crippen LogP contribution is -2.37. The predicted molar refractivity (Wildman–Crippen MR) is 125 cm³/mol. The van der Waals surface area contributed by atoms with Gasteiger partial charge < -0.3 is 21.5 Å². The van der Waals surface area contributed by atoms with Gasteiger partial charge in [0.1, 0.15) is 6.54 Å². The average Bonchev–Trinajstić information content (AvgIpc) is 2.82. The van der Waals surface area contributed by atoms with Crippen LogP contribution in [-0.2, 0) is 33.6 Å². The van der Waals surface area contributed by atoms with E-state index in [0.717, 1.165) is 12.1 Å². The molecule has 18 heteroatoms. The number of carboxylic acids is 1. The largest absolute Gasteiger partial charge is 0.490 e. The highest BCUT2D eigenvalue weighted by atomic mass is 19.4. The van der Waals surface area contributed by atoms with Crippen molar-refractivity contribution in [2.24, 2.45) is 5.73 Å². The summed E-state index contributed by atoms with van der Waals surface area (Å²) in [6, 6.07) is 4.77. The molecule has 0 aliphatic rings. The van der Waals surface area contributed by atoms with Crippen molar-refractivity contribution in [1.82, 2.24) is 20.3 Å². The summed E-state index contributed by atoms with van der Waals surface area (Å²) >= 11 is 0. The van der Waals surface area contributed by atoms with Gasteiger partial charge in [-0.1, -0.05) is 12.1 Å². The molecule has 12 nitrogen and oxygen atoms in total. The Bertz CT molecular complexity index is 1180. The molecule has 0 aliphatic carbocycles. The number of hydroxylamine groups is 1. The summed E-state index contributed by atoms with van der Waals surface area (Å²) in [7, 11) is 0. The minimum Gasteiger partial charge on any atom is -0.475 e. The third-order valence-electron chi connectivity index (χ3n) is 4.49. The normalized spacial score (nSPS) is 11.2. The van der Waals surface area contributed by atoms with Crippen LogP contribution in [0, 0.1) is 12.3 Å². The van der Waals surface area contributed by atoms with Crippen molar-refractivity contribution in [1.29, 1.82) is 5.41 Å². The summed E-state index contributed by atoms with van der Waals surface area (Å²) in [5.41, 5.74) is 7.09. The van der Waals surface area contributed by atoms with Crippen LogP contribution in [0.3, 0.4) is 0 Å². The van der Waals surface area contributed by atoms with Crippen molar-refractivity contribution in [2.75, 3.05) is 25.0 Å². The number of aliphatic carboxylic acids is 1. The van der Waals surface area contributed by atoms with Gasteiger partial charge in [-0.25, -0.2) is 15.3 Å². The number of anilines is 1. The Balaban J connectivity index is 0.000000956. The number of nitrogens with zero attached hydrogens (tertiary/aromatic N) is 2. The second kappa shape index (κ2) is 14.6. The molecule has 0 unspecified atom stereocenters. The van der Waals surface area contributed by atoms with Crippen molar-refractivity contribution in [3.63, 3.8) is 0 Å². The molecule has 7 N–H and O–H groups in total. The number of carbonyl (C=O) groups excluding carboxylic acids is 1. The number of amides is 1. The molecule has 0 saturated carbocycles. The Labute approximate surface area is 216 Å². The molecule has 1 aromatic heterocycles. The molecule has 0 saturated heterocycles. The molecule has 0 radical (unpaired) electrons. The van der Waals surface area contributed by atoms with Crippen molar-refractivity contribution in [3.8, 4) is 0 Å². The lowest BCUT2D eigenvalue weighted by molar-refractivity contribution is -0.192. The van der Waals surface area contributed by atoms with Crippen LogP contribution in [0.15, 0.2) is 35.3 Å². The van der Waals surface area contributed by atoms with E-state index >= 15 is 0 Å². The zero-order valence-corrected chi connectivity index (χ0v) is 20.2. The molecule has 0 aliphatic heterocycles. The van der Waals surface area contributed by atoms with Crippen molar-refractivity contribution >= 4 is 23.7 Å². The fourth-order valence-corrected chi connectivity index (χ4v) is 2.64. The first-order chi connectivity index (χ1) is 18.0. The smallest absolute Gasteiger partial charge is 0.475 e.